The Labute approximate surface area is 204 Å². The predicted octanol–water partition coefficient (Wildman–Crippen LogP) is 5.14. The summed E-state index contributed by atoms with van der Waals surface area (Å²) in [5.41, 5.74) is 3.85. The van der Waals surface area contributed by atoms with E-state index in [2.05, 4.69) is 58.2 Å². The van der Waals surface area contributed by atoms with Crippen molar-refractivity contribution in [1.29, 1.82) is 0 Å². The molecule has 180 valence electrons. The molecule has 0 amide bonds. The molecule has 5 nitrogen and oxygen atoms in total. The average Bonchev–Trinajstić information content (AvgIpc) is 2.86. The van der Waals surface area contributed by atoms with Crippen molar-refractivity contribution < 1.29 is 9.84 Å². The van der Waals surface area contributed by atoms with Gasteiger partial charge in [0.05, 0.1) is 6.61 Å². The number of aromatic nitrogens is 1. The fraction of sp³-hybridized carbons (Fsp3) is 0.414. The number of phenols is 1. The van der Waals surface area contributed by atoms with Gasteiger partial charge in [-0.05, 0) is 87.1 Å². The molecule has 1 saturated heterocycles. The second-order valence-corrected chi connectivity index (χ2v) is 9.38. The lowest BCUT2D eigenvalue weighted by Crippen LogP contribution is -2.44. The number of rotatable bonds is 10. The molecule has 2 aromatic carbocycles. The Balaban J connectivity index is 1.40. The van der Waals surface area contributed by atoms with E-state index in [1.165, 1.54) is 29.5 Å². The van der Waals surface area contributed by atoms with Crippen molar-refractivity contribution in [2.45, 2.75) is 45.3 Å². The van der Waals surface area contributed by atoms with Gasteiger partial charge in [0.2, 0.25) is 0 Å². The van der Waals surface area contributed by atoms with Crippen LogP contribution in [0.15, 0.2) is 73.1 Å². The third-order valence-corrected chi connectivity index (χ3v) is 6.92. The Kier molecular flexibility index (Phi) is 8.56. The summed E-state index contributed by atoms with van der Waals surface area (Å²) in [6.07, 6.45) is 7.26. The number of hydrogen-bond acceptors (Lipinski definition) is 5. The number of nitrogens with zero attached hydrogens (tertiary/aromatic N) is 3. The van der Waals surface area contributed by atoms with E-state index >= 15 is 0 Å². The first-order valence-corrected chi connectivity index (χ1v) is 12.4. The van der Waals surface area contributed by atoms with Gasteiger partial charge in [0.1, 0.15) is 0 Å². The average molecular weight is 460 g/mol. The van der Waals surface area contributed by atoms with Crippen LogP contribution in [0.25, 0.3) is 0 Å². The molecule has 1 aliphatic heterocycles. The van der Waals surface area contributed by atoms with Gasteiger partial charge in [-0.1, -0.05) is 42.5 Å². The lowest BCUT2D eigenvalue weighted by Gasteiger charge is -2.40. The second kappa shape index (κ2) is 12.0. The molecular formula is C29H37N3O2. The van der Waals surface area contributed by atoms with Crippen LogP contribution in [0.3, 0.4) is 0 Å². The van der Waals surface area contributed by atoms with Gasteiger partial charge in [-0.25, -0.2) is 0 Å². The Morgan fingerprint density at radius 3 is 2.50 bits per heavy atom. The molecule has 0 radical (unpaired) electrons. The van der Waals surface area contributed by atoms with Crippen LogP contribution in [0.1, 0.15) is 36.5 Å². The number of aromatic hydroxyl groups is 1. The maximum atomic E-state index is 10.00. The van der Waals surface area contributed by atoms with E-state index in [0.29, 0.717) is 24.3 Å². The van der Waals surface area contributed by atoms with E-state index in [4.69, 9.17) is 4.74 Å². The van der Waals surface area contributed by atoms with E-state index in [1.807, 2.05) is 37.5 Å². The minimum absolute atomic E-state index is 0.213. The summed E-state index contributed by atoms with van der Waals surface area (Å²) >= 11 is 0. The van der Waals surface area contributed by atoms with Crippen LogP contribution in [0.2, 0.25) is 0 Å². The molecule has 0 aliphatic carbocycles. The molecule has 0 spiro atoms. The summed E-state index contributed by atoms with van der Waals surface area (Å²) in [7, 11) is 2.26. The number of likely N-dealkylation sites (N-methyl/N-ethyl adjacent to an activating group) is 1. The highest BCUT2D eigenvalue weighted by Crippen LogP contribution is 2.30. The normalized spacial score (nSPS) is 16.0. The van der Waals surface area contributed by atoms with E-state index < -0.39 is 0 Å². The number of ether oxygens (including phenoxy) is 1. The summed E-state index contributed by atoms with van der Waals surface area (Å²) in [5.74, 6) is 1.44. The Morgan fingerprint density at radius 1 is 1.03 bits per heavy atom. The highest BCUT2D eigenvalue weighted by atomic mass is 16.5. The number of benzene rings is 2. The summed E-state index contributed by atoms with van der Waals surface area (Å²) in [6, 6.07) is 21.3. The largest absolute Gasteiger partial charge is 0.504 e. The van der Waals surface area contributed by atoms with Gasteiger partial charge < -0.3 is 9.84 Å². The third-order valence-electron chi connectivity index (χ3n) is 6.92. The van der Waals surface area contributed by atoms with Gasteiger partial charge in [0.25, 0.3) is 0 Å². The van der Waals surface area contributed by atoms with Crippen molar-refractivity contribution in [2.24, 2.45) is 5.92 Å². The molecule has 3 aromatic rings. The number of likely N-dealkylation sites (tertiary alicyclic amines) is 1. The maximum absolute atomic E-state index is 10.00. The van der Waals surface area contributed by atoms with Crippen LogP contribution in [0, 0.1) is 5.92 Å². The number of hydrogen-bond donors (Lipinski definition) is 1. The van der Waals surface area contributed by atoms with Crippen molar-refractivity contribution in [3.05, 3.63) is 89.7 Å². The Morgan fingerprint density at radius 2 is 1.79 bits per heavy atom. The summed E-state index contributed by atoms with van der Waals surface area (Å²) in [5, 5.41) is 10.00. The monoisotopic (exact) mass is 459 g/mol. The first-order chi connectivity index (χ1) is 16.6. The molecule has 1 N–H and O–H groups in total. The molecule has 4 rings (SSSR count). The SMILES string of the molecule is CCOc1cc(CN2CCC([C@@H](Cc3ccccc3)N(C)Cc3cccnc3)CC2)ccc1O. The molecule has 5 heteroatoms. The molecule has 1 aromatic heterocycles. The maximum Gasteiger partial charge on any atom is 0.161 e. The van der Waals surface area contributed by atoms with E-state index in [9.17, 15) is 5.11 Å². The van der Waals surface area contributed by atoms with Crippen molar-refractivity contribution in [1.82, 2.24) is 14.8 Å². The van der Waals surface area contributed by atoms with Gasteiger partial charge in [0, 0.05) is 31.5 Å². The molecule has 1 atom stereocenters. The zero-order valence-electron chi connectivity index (χ0n) is 20.4. The first kappa shape index (κ1) is 24.2. The zero-order valence-corrected chi connectivity index (χ0v) is 20.4. The van der Waals surface area contributed by atoms with Crippen LogP contribution in [0.4, 0.5) is 0 Å². The molecule has 1 fully saturated rings. The zero-order chi connectivity index (χ0) is 23.8. The molecular weight excluding hydrogens is 422 g/mol. The number of pyridine rings is 1. The summed E-state index contributed by atoms with van der Waals surface area (Å²) in [4.78, 5) is 9.36. The molecule has 0 saturated carbocycles. The lowest BCUT2D eigenvalue weighted by atomic mass is 9.84. The highest BCUT2D eigenvalue weighted by Gasteiger charge is 2.29. The summed E-state index contributed by atoms with van der Waals surface area (Å²) < 4.78 is 5.57. The predicted molar refractivity (Wildman–Crippen MR) is 137 cm³/mol. The number of piperidine rings is 1. The molecule has 0 bridgehead atoms. The van der Waals surface area contributed by atoms with Gasteiger partial charge in [0.15, 0.2) is 11.5 Å². The van der Waals surface area contributed by atoms with Crippen LogP contribution in [-0.4, -0.2) is 52.7 Å². The van der Waals surface area contributed by atoms with Crippen molar-refractivity contribution >= 4 is 0 Å². The van der Waals surface area contributed by atoms with Gasteiger partial charge >= 0.3 is 0 Å². The minimum atomic E-state index is 0.213. The van der Waals surface area contributed by atoms with Gasteiger partial charge in [-0.15, -0.1) is 0 Å². The van der Waals surface area contributed by atoms with E-state index in [-0.39, 0.29) is 5.75 Å². The Hall–Kier alpha value is -2.89. The topological polar surface area (TPSA) is 48.8 Å². The fourth-order valence-electron chi connectivity index (χ4n) is 5.12. The van der Waals surface area contributed by atoms with Crippen molar-refractivity contribution in [3.8, 4) is 11.5 Å². The smallest absolute Gasteiger partial charge is 0.161 e. The van der Waals surface area contributed by atoms with Crippen LogP contribution >= 0.6 is 0 Å². The molecule has 0 unspecified atom stereocenters. The Bertz CT molecular complexity index is 1000. The highest BCUT2D eigenvalue weighted by molar-refractivity contribution is 5.41. The third kappa shape index (κ3) is 6.58. The van der Waals surface area contributed by atoms with Crippen LogP contribution < -0.4 is 4.74 Å². The molecule has 34 heavy (non-hydrogen) atoms. The molecule has 2 heterocycles. The lowest BCUT2D eigenvalue weighted by molar-refractivity contribution is 0.0953. The molecule has 1 aliphatic rings. The van der Waals surface area contributed by atoms with Crippen molar-refractivity contribution in [3.63, 3.8) is 0 Å². The van der Waals surface area contributed by atoms with Crippen molar-refractivity contribution in [2.75, 3.05) is 26.7 Å². The van der Waals surface area contributed by atoms with Crippen LogP contribution in [-0.2, 0) is 19.5 Å². The fourth-order valence-corrected chi connectivity index (χ4v) is 5.12. The second-order valence-electron chi connectivity index (χ2n) is 9.38. The van der Waals surface area contributed by atoms with E-state index in [0.717, 1.165) is 32.6 Å². The minimum Gasteiger partial charge on any atom is -0.504 e. The summed E-state index contributed by atoms with van der Waals surface area (Å²) in [6.45, 7) is 6.47. The van der Waals surface area contributed by atoms with Crippen LogP contribution in [0.5, 0.6) is 11.5 Å². The van der Waals surface area contributed by atoms with Gasteiger partial charge in [-0.3, -0.25) is 14.8 Å². The van der Waals surface area contributed by atoms with Gasteiger partial charge in [-0.2, -0.15) is 0 Å². The first-order valence-electron chi connectivity index (χ1n) is 12.4. The van der Waals surface area contributed by atoms with E-state index in [1.54, 1.807) is 6.07 Å². The quantitative estimate of drug-likeness (QED) is 0.455. The number of phenolic OH excluding ortho intramolecular Hbond substituents is 1. The standard InChI is InChI=1S/C29H37N3O2/c1-3-34-29-19-24(11-12-28(29)33)22-32-16-13-26(14-17-32)27(18-23-8-5-4-6-9-23)31(2)21-25-10-7-15-30-20-25/h4-12,15,19-20,26-27,33H,3,13-14,16-18,21-22H2,1-2H3/t27-/m1/s1.